The number of carbonyl (C=O) groups excluding carboxylic acids is 1. The van der Waals surface area contributed by atoms with Gasteiger partial charge in [0, 0.05) is 6.92 Å². The fourth-order valence-corrected chi connectivity index (χ4v) is 0.177. The summed E-state index contributed by atoms with van der Waals surface area (Å²) in [5.74, 6) is -0.833. The maximum Gasteiger partial charge on any atom is 0.507 e. The summed E-state index contributed by atoms with van der Waals surface area (Å²) < 4.78 is 8.46. The van der Waals surface area contributed by atoms with Crippen LogP contribution in [0.25, 0.3) is 0 Å². The van der Waals surface area contributed by atoms with Gasteiger partial charge in [0.15, 0.2) is 0 Å². The lowest BCUT2D eigenvalue weighted by atomic mass is 10.9. The molecule has 0 heterocycles. The molecule has 0 fully saturated rings. The zero-order valence-electron chi connectivity index (χ0n) is 6.79. The van der Waals surface area contributed by atoms with E-state index in [9.17, 15) is 4.79 Å². The molecule has 1 N–H and O–H groups in total. The van der Waals surface area contributed by atoms with E-state index in [0.29, 0.717) is 6.61 Å². The predicted octanol–water partition coefficient (Wildman–Crippen LogP) is 0.880. The summed E-state index contributed by atoms with van der Waals surface area (Å²) in [5.41, 5.74) is 0. The molecule has 0 atom stereocenters. The summed E-state index contributed by atoms with van der Waals surface area (Å²) in [6.07, 6.45) is -0.623. The van der Waals surface area contributed by atoms with Crippen molar-refractivity contribution < 1.29 is 24.2 Å². The average Bonchev–Trinajstić information content (AvgIpc) is 1.87. The standard InChI is InChI=1S/C4H8O3.C2H4O2/c1-3-7-4(5)6-2;1-2(3)4/h3H2,1-2H3;1H3,(H,3,4). The van der Waals surface area contributed by atoms with E-state index in [1.54, 1.807) is 6.92 Å². The number of carboxylic acid groups (broad SMARTS) is 1. The number of hydrogen-bond acceptors (Lipinski definition) is 4. The van der Waals surface area contributed by atoms with Crippen LogP contribution < -0.4 is 0 Å². The van der Waals surface area contributed by atoms with Crippen LogP contribution in [0.2, 0.25) is 0 Å². The second kappa shape index (κ2) is 8.74. The Morgan fingerprint density at radius 3 is 1.91 bits per heavy atom. The van der Waals surface area contributed by atoms with Gasteiger partial charge >= 0.3 is 6.16 Å². The summed E-state index contributed by atoms with van der Waals surface area (Å²) in [6, 6.07) is 0. The number of methoxy groups -OCH3 is 1. The summed E-state index contributed by atoms with van der Waals surface area (Å²) >= 11 is 0. The lowest BCUT2D eigenvalue weighted by Crippen LogP contribution is -2.02. The monoisotopic (exact) mass is 164 g/mol. The van der Waals surface area contributed by atoms with Gasteiger partial charge in [-0.25, -0.2) is 4.79 Å². The normalized spacial score (nSPS) is 7.18. The third kappa shape index (κ3) is 28.4. The van der Waals surface area contributed by atoms with Gasteiger partial charge in [-0.2, -0.15) is 0 Å². The molecule has 5 nitrogen and oxygen atoms in total. The number of aliphatic carboxylic acids is 1. The molecule has 0 unspecified atom stereocenters. The van der Waals surface area contributed by atoms with Crippen LogP contribution in [0.1, 0.15) is 13.8 Å². The summed E-state index contributed by atoms with van der Waals surface area (Å²) in [6.45, 7) is 3.17. The van der Waals surface area contributed by atoms with E-state index in [2.05, 4.69) is 9.47 Å². The first-order chi connectivity index (χ1) is 5.04. The summed E-state index contributed by atoms with van der Waals surface area (Å²) in [5, 5.41) is 7.42. The highest BCUT2D eigenvalue weighted by atomic mass is 16.7. The van der Waals surface area contributed by atoms with Crippen molar-refractivity contribution >= 4 is 12.1 Å². The second-order valence-corrected chi connectivity index (χ2v) is 1.41. The Hall–Kier alpha value is -1.26. The lowest BCUT2D eigenvalue weighted by molar-refractivity contribution is -0.134. The molecule has 0 aliphatic carbocycles. The van der Waals surface area contributed by atoms with Crippen LogP contribution >= 0.6 is 0 Å². The minimum Gasteiger partial charge on any atom is -0.481 e. The van der Waals surface area contributed by atoms with Crippen LogP contribution in [-0.4, -0.2) is 30.9 Å². The van der Waals surface area contributed by atoms with Gasteiger partial charge in [0.05, 0.1) is 13.7 Å². The van der Waals surface area contributed by atoms with Crippen molar-refractivity contribution in [2.24, 2.45) is 0 Å². The smallest absolute Gasteiger partial charge is 0.481 e. The molecule has 66 valence electrons. The van der Waals surface area contributed by atoms with Gasteiger partial charge in [-0.1, -0.05) is 0 Å². The van der Waals surface area contributed by atoms with E-state index in [1.807, 2.05) is 0 Å². The minimum absolute atomic E-state index is 0.368. The largest absolute Gasteiger partial charge is 0.507 e. The van der Waals surface area contributed by atoms with Crippen molar-refractivity contribution in [1.82, 2.24) is 0 Å². The minimum atomic E-state index is -0.833. The highest BCUT2D eigenvalue weighted by Crippen LogP contribution is 1.77. The number of carbonyl (C=O) groups is 2. The van der Waals surface area contributed by atoms with E-state index in [1.165, 1.54) is 7.11 Å². The molecule has 11 heavy (non-hydrogen) atoms. The van der Waals surface area contributed by atoms with E-state index in [4.69, 9.17) is 9.90 Å². The van der Waals surface area contributed by atoms with Crippen molar-refractivity contribution in [3.8, 4) is 0 Å². The zero-order valence-corrected chi connectivity index (χ0v) is 6.79. The van der Waals surface area contributed by atoms with Crippen molar-refractivity contribution in [3.63, 3.8) is 0 Å². The summed E-state index contributed by atoms with van der Waals surface area (Å²) in [7, 11) is 1.28. The Bertz CT molecular complexity index is 116. The molecule has 0 spiro atoms. The first kappa shape index (κ1) is 12.4. The number of hydrogen-bond donors (Lipinski definition) is 1. The third-order valence-corrected chi connectivity index (χ3v) is 0.429. The first-order valence-electron chi connectivity index (χ1n) is 2.94. The SMILES string of the molecule is CC(=O)O.CCOC(=O)OC. The fourth-order valence-electron chi connectivity index (χ4n) is 0.177. The number of carboxylic acids is 1. The van der Waals surface area contributed by atoms with E-state index >= 15 is 0 Å². The highest BCUT2D eigenvalue weighted by molar-refractivity contribution is 5.62. The Morgan fingerprint density at radius 1 is 1.45 bits per heavy atom. The number of rotatable bonds is 1. The molecule has 5 heteroatoms. The van der Waals surface area contributed by atoms with Crippen LogP contribution in [0.5, 0.6) is 0 Å². The topological polar surface area (TPSA) is 72.8 Å². The molecule has 0 amide bonds. The molecule has 0 aromatic heterocycles. The summed E-state index contributed by atoms with van der Waals surface area (Å²) in [4.78, 5) is 19.0. The first-order valence-corrected chi connectivity index (χ1v) is 2.94. The van der Waals surface area contributed by atoms with Crippen molar-refractivity contribution in [1.29, 1.82) is 0 Å². The molecule has 0 aromatic carbocycles. The van der Waals surface area contributed by atoms with Crippen LogP contribution in [0, 0.1) is 0 Å². The Labute approximate surface area is 64.9 Å². The van der Waals surface area contributed by atoms with Crippen molar-refractivity contribution in [2.45, 2.75) is 13.8 Å². The molecular formula is C6H12O5. The Kier molecular flexibility index (Phi) is 9.87. The van der Waals surface area contributed by atoms with Crippen LogP contribution in [0.15, 0.2) is 0 Å². The molecular weight excluding hydrogens is 152 g/mol. The molecule has 0 aromatic rings. The van der Waals surface area contributed by atoms with Gasteiger partial charge in [-0.15, -0.1) is 0 Å². The Morgan fingerprint density at radius 2 is 1.82 bits per heavy atom. The van der Waals surface area contributed by atoms with Crippen molar-refractivity contribution in [2.75, 3.05) is 13.7 Å². The van der Waals surface area contributed by atoms with E-state index in [0.717, 1.165) is 6.92 Å². The molecule has 0 radical (unpaired) electrons. The third-order valence-electron chi connectivity index (χ3n) is 0.429. The Balaban J connectivity index is 0. The van der Waals surface area contributed by atoms with Crippen LogP contribution in [-0.2, 0) is 14.3 Å². The maximum atomic E-state index is 9.97. The highest BCUT2D eigenvalue weighted by Gasteiger charge is 1.92. The molecule has 0 bridgehead atoms. The molecule has 0 aliphatic heterocycles. The second-order valence-electron chi connectivity index (χ2n) is 1.41. The molecule has 0 saturated carbocycles. The van der Waals surface area contributed by atoms with E-state index in [-0.39, 0.29) is 0 Å². The van der Waals surface area contributed by atoms with Gasteiger partial charge < -0.3 is 14.6 Å². The average molecular weight is 164 g/mol. The zero-order chi connectivity index (χ0) is 9.28. The molecule has 0 aliphatic rings. The molecule has 0 rings (SSSR count). The lowest BCUT2D eigenvalue weighted by Gasteiger charge is -1.94. The van der Waals surface area contributed by atoms with E-state index < -0.39 is 12.1 Å². The quantitative estimate of drug-likeness (QED) is 0.582. The van der Waals surface area contributed by atoms with Gasteiger partial charge in [0.2, 0.25) is 0 Å². The van der Waals surface area contributed by atoms with Gasteiger partial charge in [-0.3, -0.25) is 4.79 Å². The van der Waals surface area contributed by atoms with Crippen LogP contribution in [0.4, 0.5) is 4.79 Å². The molecule has 0 saturated heterocycles. The fraction of sp³-hybridized carbons (Fsp3) is 0.667. The number of ether oxygens (including phenoxy) is 2. The predicted molar refractivity (Wildman–Crippen MR) is 37.3 cm³/mol. The maximum absolute atomic E-state index is 9.97. The van der Waals surface area contributed by atoms with Gasteiger partial charge in [0.25, 0.3) is 5.97 Å². The van der Waals surface area contributed by atoms with Gasteiger partial charge in [0.1, 0.15) is 0 Å². The van der Waals surface area contributed by atoms with Gasteiger partial charge in [-0.05, 0) is 6.92 Å². The van der Waals surface area contributed by atoms with Crippen LogP contribution in [0.3, 0.4) is 0 Å². The van der Waals surface area contributed by atoms with Crippen molar-refractivity contribution in [3.05, 3.63) is 0 Å².